The van der Waals surface area contributed by atoms with Gasteiger partial charge >= 0.3 is 0 Å². The molecule has 0 radical (unpaired) electrons. The van der Waals surface area contributed by atoms with E-state index in [4.69, 9.17) is 4.74 Å². The Balaban J connectivity index is 1.48. The highest BCUT2D eigenvalue weighted by molar-refractivity contribution is 5.61. The lowest BCUT2D eigenvalue weighted by molar-refractivity contribution is 0.454. The molecule has 1 aliphatic rings. The van der Waals surface area contributed by atoms with Crippen molar-refractivity contribution < 1.29 is 4.74 Å². The molecule has 126 valence electrons. The molecule has 6 heteroatoms. The largest absolute Gasteiger partial charge is 0.438 e. The molecule has 0 aliphatic heterocycles. The Kier molecular flexibility index (Phi) is 4.24. The first-order valence-corrected chi connectivity index (χ1v) is 8.46. The third kappa shape index (κ3) is 3.57. The minimum atomic E-state index is 0.483. The van der Waals surface area contributed by atoms with Crippen LogP contribution >= 0.6 is 0 Å². The molecule has 0 unspecified atom stereocenters. The van der Waals surface area contributed by atoms with Crippen molar-refractivity contribution in [3.8, 4) is 11.6 Å². The predicted octanol–water partition coefficient (Wildman–Crippen LogP) is 3.99. The molecule has 0 bridgehead atoms. The summed E-state index contributed by atoms with van der Waals surface area (Å²) in [6, 6.07) is 11.4. The Labute approximate surface area is 146 Å². The van der Waals surface area contributed by atoms with Gasteiger partial charge in [-0.25, -0.2) is 9.97 Å². The maximum absolute atomic E-state index is 5.70. The fraction of sp³-hybridized carbons (Fsp3) is 0.263. The molecular formula is C19H19N5O. The molecule has 1 N–H and O–H groups in total. The van der Waals surface area contributed by atoms with E-state index in [0.717, 1.165) is 30.0 Å². The van der Waals surface area contributed by atoms with Crippen molar-refractivity contribution in [2.75, 3.05) is 5.32 Å². The minimum Gasteiger partial charge on any atom is -0.438 e. The second-order valence-electron chi connectivity index (χ2n) is 6.12. The molecule has 4 rings (SSSR count). The zero-order valence-electron chi connectivity index (χ0n) is 14.1. The summed E-state index contributed by atoms with van der Waals surface area (Å²) in [6.07, 6.45) is 6.11. The summed E-state index contributed by atoms with van der Waals surface area (Å²) in [5.41, 5.74) is 4.24. The zero-order valence-corrected chi connectivity index (χ0v) is 14.1. The lowest BCUT2D eigenvalue weighted by atomic mass is 9.96. The first kappa shape index (κ1) is 15.5. The fourth-order valence-electron chi connectivity index (χ4n) is 2.93. The van der Waals surface area contributed by atoms with Crippen LogP contribution in [0.2, 0.25) is 0 Å². The third-order valence-electron chi connectivity index (χ3n) is 4.24. The summed E-state index contributed by atoms with van der Waals surface area (Å²) in [6.45, 7) is 1.89. The molecule has 0 fully saturated rings. The summed E-state index contributed by atoms with van der Waals surface area (Å²) in [5, 5.41) is 11.4. The van der Waals surface area contributed by atoms with E-state index >= 15 is 0 Å². The van der Waals surface area contributed by atoms with Gasteiger partial charge < -0.3 is 10.1 Å². The van der Waals surface area contributed by atoms with Gasteiger partial charge in [-0.2, -0.15) is 5.10 Å². The van der Waals surface area contributed by atoms with E-state index < -0.39 is 0 Å². The average Bonchev–Trinajstić information content (AvgIpc) is 2.65. The van der Waals surface area contributed by atoms with Gasteiger partial charge in [0.15, 0.2) is 0 Å². The number of fused-ring (bicyclic) bond motifs is 1. The lowest BCUT2D eigenvalue weighted by Crippen LogP contribution is -2.10. The van der Waals surface area contributed by atoms with Gasteiger partial charge in [-0.15, -0.1) is 5.10 Å². The number of hydrogen-bond donors (Lipinski definition) is 1. The van der Waals surface area contributed by atoms with Crippen molar-refractivity contribution >= 4 is 11.5 Å². The first-order valence-electron chi connectivity index (χ1n) is 8.46. The number of rotatable bonds is 4. The Morgan fingerprint density at radius 2 is 1.76 bits per heavy atom. The maximum atomic E-state index is 5.70. The molecule has 2 aromatic heterocycles. The highest BCUT2D eigenvalue weighted by Crippen LogP contribution is 2.28. The van der Waals surface area contributed by atoms with Crippen molar-refractivity contribution in [2.24, 2.45) is 0 Å². The normalized spacial score (nSPS) is 13.2. The number of anilines is 2. The predicted molar refractivity (Wildman–Crippen MR) is 95.2 cm³/mol. The van der Waals surface area contributed by atoms with Crippen molar-refractivity contribution in [3.05, 3.63) is 59.7 Å². The summed E-state index contributed by atoms with van der Waals surface area (Å²) >= 11 is 0. The topological polar surface area (TPSA) is 72.8 Å². The molecular weight excluding hydrogens is 314 g/mol. The molecule has 0 saturated heterocycles. The summed E-state index contributed by atoms with van der Waals surface area (Å²) in [4.78, 5) is 8.82. The average molecular weight is 333 g/mol. The second-order valence-corrected chi connectivity index (χ2v) is 6.12. The van der Waals surface area contributed by atoms with Crippen LogP contribution in [0.1, 0.15) is 29.8 Å². The van der Waals surface area contributed by atoms with Crippen LogP contribution in [0.25, 0.3) is 0 Å². The highest BCUT2D eigenvalue weighted by Gasteiger charge is 2.15. The number of aromatic nitrogens is 4. The summed E-state index contributed by atoms with van der Waals surface area (Å²) in [7, 11) is 0. The van der Waals surface area contributed by atoms with E-state index in [0.29, 0.717) is 11.6 Å². The first-order chi connectivity index (χ1) is 12.3. The van der Waals surface area contributed by atoms with Crippen LogP contribution < -0.4 is 10.1 Å². The zero-order chi connectivity index (χ0) is 17.1. The molecule has 0 spiro atoms. The Morgan fingerprint density at radius 3 is 2.56 bits per heavy atom. The number of benzene rings is 1. The van der Waals surface area contributed by atoms with Crippen molar-refractivity contribution in [3.63, 3.8) is 0 Å². The SMILES string of the molecule is Cc1ccc(Oc2ccc(Nc3ncnc4c3CCCC4)cc2)nn1. The van der Waals surface area contributed by atoms with Gasteiger partial charge in [-0.3, -0.25) is 0 Å². The summed E-state index contributed by atoms with van der Waals surface area (Å²) < 4.78 is 5.70. The molecule has 1 aromatic carbocycles. The monoisotopic (exact) mass is 333 g/mol. The van der Waals surface area contributed by atoms with E-state index in [-0.39, 0.29) is 0 Å². The van der Waals surface area contributed by atoms with E-state index in [1.807, 2.05) is 43.3 Å². The Hall–Kier alpha value is -3.02. The van der Waals surface area contributed by atoms with Crippen LogP contribution in [0, 0.1) is 6.92 Å². The molecule has 0 atom stereocenters. The van der Waals surface area contributed by atoms with Crippen LogP contribution in [0.15, 0.2) is 42.7 Å². The minimum absolute atomic E-state index is 0.483. The number of hydrogen-bond acceptors (Lipinski definition) is 6. The van der Waals surface area contributed by atoms with E-state index in [1.54, 1.807) is 6.33 Å². The van der Waals surface area contributed by atoms with Crippen molar-refractivity contribution in [1.82, 2.24) is 20.2 Å². The molecule has 1 aliphatic carbocycles. The Bertz CT molecular complexity index is 862. The lowest BCUT2D eigenvalue weighted by Gasteiger charge is -2.18. The van der Waals surface area contributed by atoms with Crippen LogP contribution in [-0.2, 0) is 12.8 Å². The van der Waals surface area contributed by atoms with Crippen LogP contribution in [-0.4, -0.2) is 20.2 Å². The number of nitrogens with zero attached hydrogens (tertiary/aromatic N) is 4. The van der Waals surface area contributed by atoms with E-state index in [1.165, 1.54) is 24.1 Å². The highest BCUT2D eigenvalue weighted by atomic mass is 16.5. The van der Waals surface area contributed by atoms with Crippen molar-refractivity contribution in [2.45, 2.75) is 32.6 Å². The van der Waals surface area contributed by atoms with Gasteiger partial charge in [0, 0.05) is 23.0 Å². The van der Waals surface area contributed by atoms with Gasteiger partial charge in [-0.1, -0.05) is 0 Å². The number of ether oxygens (including phenoxy) is 1. The van der Waals surface area contributed by atoms with Gasteiger partial charge in [0.1, 0.15) is 17.9 Å². The summed E-state index contributed by atoms with van der Waals surface area (Å²) in [5.74, 6) is 2.10. The maximum Gasteiger partial charge on any atom is 0.238 e. The third-order valence-corrected chi connectivity index (χ3v) is 4.24. The van der Waals surface area contributed by atoms with Gasteiger partial charge in [0.05, 0.1) is 5.69 Å². The number of nitrogens with one attached hydrogen (secondary N) is 1. The fourth-order valence-corrected chi connectivity index (χ4v) is 2.93. The van der Waals surface area contributed by atoms with E-state index in [9.17, 15) is 0 Å². The van der Waals surface area contributed by atoms with Crippen LogP contribution in [0.3, 0.4) is 0 Å². The molecule has 6 nitrogen and oxygen atoms in total. The molecule has 0 amide bonds. The van der Waals surface area contributed by atoms with Gasteiger partial charge in [0.2, 0.25) is 5.88 Å². The van der Waals surface area contributed by atoms with Crippen LogP contribution in [0.5, 0.6) is 11.6 Å². The van der Waals surface area contributed by atoms with Gasteiger partial charge in [-0.05, 0) is 62.9 Å². The smallest absolute Gasteiger partial charge is 0.238 e. The van der Waals surface area contributed by atoms with Crippen molar-refractivity contribution in [1.29, 1.82) is 0 Å². The standard InChI is InChI=1S/C19H19N5O/c1-13-6-11-18(24-23-13)25-15-9-7-14(8-10-15)22-19-16-4-2-3-5-17(16)20-12-21-19/h6-12H,2-5H2,1H3,(H,20,21,22). The van der Waals surface area contributed by atoms with Gasteiger partial charge in [0.25, 0.3) is 0 Å². The second kappa shape index (κ2) is 6.84. The molecule has 3 aromatic rings. The molecule has 0 saturated carbocycles. The van der Waals surface area contributed by atoms with Crippen LogP contribution in [0.4, 0.5) is 11.5 Å². The number of aryl methyl sites for hydroxylation is 2. The Morgan fingerprint density at radius 1 is 0.920 bits per heavy atom. The quantitative estimate of drug-likeness (QED) is 0.778. The van der Waals surface area contributed by atoms with E-state index in [2.05, 4.69) is 25.5 Å². The molecule has 2 heterocycles. The molecule has 25 heavy (non-hydrogen) atoms.